The lowest BCUT2D eigenvalue weighted by Crippen LogP contribution is -2.30. The van der Waals surface area contributed by atoms with Crippen LogP contribution in [-0.2, 0) is 4.57 Å². The van der Waals surface area contributed by atoms with Crippen LogP contribution in [0.25, 0.3) is 0 Å². The van der Waals surface area contributed by atoms with Crippen LogP contribution in [0, 0.1) is 0 Å². The largest absolute Gasteiger partial charge is 0.324 e. The molecular formula is C7H16NOP. The molecule has 1 fully saturated rings. The highest BCUT2D eigenvalue weighted by Gasteiger charge is 2.23. The van der Waals surface area contributed by atoms with Gasteiger partial charge in [-0.1, -0.05) is 0 Å². The molecular weight excluding hydrogens is 145 g/mol. The number of nitrogens with one attached hydrogen (secondary N) is 1. The standard InChI is InChI=1S/C7H16NOP/c1-8-7-3-5-10(2,9)6-4-7/h7-8H,3-6H2,1-2H3. The maximum atomic E-state index is 11.5. The molecule has 3 heteroatoms. The van der Waals surface area contributed by atoms with Crippen LogP contribution in [0.4, 0.5) is 0 Å². The summed E-state index contributed by atoms with van der Waals surface area (Å²) in [6.07, 6.45) is 4.09. The Hall–Kier alpha value is 0.190. The number of hydrogen-bond acceptors (Lipinski definition) is 2. The van der Waals surface area contributed by atoms with E-state index >= 15 is 0 Å². The van der Waals surface area contributed by atoms with Gasteiger partial charge >= 0.3 is 0 Å². The summed E-state index contributed by atoms with van der Waals surface area (Å²) in [6, 6.07) is 0.627. The molecule has 1 aliphatic rings. The average molecular weight is 161 g/mol. The van der Waals surface area contributed by atoms with Crippen molar-refractivity contribution in [1.82, 2.24) is 5.32 Å². The second-order valence-corrected chi connectivity index (χ2v) is 6.80. The molecule has 0 aromatic heterocycles. The Labute approximate surface area is 62.8 Å². The van der Waals surface area contributed by atoms with E-state index in [9.17, 15) is 4.57 Å². The zero-order valence-corrected chi connectivity index (χ0v) is 7.66. The highest BCUT2D eigenvalue weighted by atomic mass is 31.2. The van der Waals surface area contributed by atoms with Crippen molar-refractivity contribution in [3.05, 3.63) is 0 Å². The van der Waals surface area contributed by atoms with E-state index in [2.05, 4.69) is 5.32 Å². The molecule has 60 valence electrons. The molecule has 0 aliphatic carbocycles. The normalized spacial score (nSPS) is 41.6. The van der Waals surface area contributed by atoms with Crippen molar-refractivity contribution in [2.45, 2.75) is 18.9 Å². The molecule has 10 heavy (non-hydrogen) atoms. The fourth-order valence-corrected chi connectivity index (χ4v) is 3.34. The van der Waals surface area contributed by atoms with Crippen LogP contribution in [0.3, 0.4) is 0 Å². The number of rotatable bonds is 1. The van der Waals surface area contributed by atoms with Gasteiger partial charge in [0.2, 0.25) is 0 Å². The van der Waals surface area contributed by atoms with E-state index in [1.165, 1.54) is 0 Å². The molecule has 0 amide bonds. The van der Waals surface area contributed by atoms with Gasteiger partial charge in [0.15, 0.2) is 0 Å². The van der Waals surface area contributed by atoms with Crippen molar-refractivity contribution >= 4 is 7.14 Å². The monoisotopic (exact) mass is 161 g/mol. The van der Waals surface area contributed by atoms with Gasteiger partial charge in [-0.3, -0.25) is 0 Å². The maximum Gasteiger partial charge on any atom is 0.0849 e. The summed E-state index contributed by atoms with van der Waals surface area (Å²) in [5.74, 6) is 0. The summed E-state index contributed by atoms with van der Waals surface area (Å²) < 4.78 is 11.5. The molecule has 0 radical (unpaired) electrons. The van der Waals surface area contributed by atoms with Crippen molar-refractivity contribution in [3.63, 3.8) is 0 Å². The molecule has 0 spiro atoms. The van der Waals surface area contributed by atoms with Gasteiger partial charge in [-0.25, -0.2) is 0 Å². The third-order valence-electron chi connectivity index (χ3n) is 2.31. The quantitative estimate of drug-likeness (QED) is 0.588. The van der Waals surface area contributed by atoms with Gasteiger partial charge in [0.1, 0.15) is 0 Å². The topological polar surface area (TPSA) is 29.1 Å². The van der Waals surface area contributed by atoms with Gasteiger partial charge in [0.05, 0.1) is 7.14 Å². The van der Waals surface area contributed by atoms with Crippen LogP contribution in [0.2, 0.25) is 0 Å². The molecule has 1 N–H and O–H groups in total. The Bertz CT molecular complexity index is 146. The molecule has 0 bridgehead atoms. The molecule has 1 heterocycles. The summed E-state index contributed by atoms with van der Waals surface area (Å²) >= 11 is 0. The van der Waals surface area contributed by atoms with Gasteiger partial charge in [-0.2, -0.15) is 0 Å². The molecule has 1 saturated heterocycles. The third kappa shape index (κ3) is 2.10. The summed E-state index contributed by atoms with van der Waals surface area (Å²) in [7, 11) is 0.306. The smallest absolute Gasteiger partial charge is 0.0849 e. The van der Waals surface area contributed by atoms with Gasteiger partial charge < -0.3 is 9.88 Å². The van der Waals surface area contributed by atoms with Crippen molar-refractivity contribution < 1.29 is 4.57 Å². The molecule has 2 nitrogen and oxygen atoms in total. The highest BCUT2D eigenvalue weighted by molar-refractivity contribution is 7.63. The van der Waals surface area contributed by atoms with E-state index in [0.717, 1.165) is 25.2 Å². The molecule has 0 saturated carbocycles. The first-order valence-corrected chi connectivity index (χ1v) is 6.39. The van der Waals surface area contributed by atoms with Crippen molar-refractivity contribution in [2.24, 2.45) is 0 Å². The lowest BCUT2D eigenvalue weighted by atomic mass is 10.2. The Morgan fingerprint density at radius 2 is 1.90 bits per heavy atom. The predicted molar refractivity (Wildman–Crippen MR) is 45.3 cm³/mol. The lowest BCUT2D eigenvalue weighted by molar-refractivity contribution is 0.497. The first-order chi connectivity index (χ1) is 4.64. The molecule has 0 atom stereocenters. The van der Waals surface area contributed by atoms with Gasteiger partial charge in [0.25, 0.3) is 0 Å². The van der Waals surface area contributed by atoms with E-state index < -0.39 is 7.14 Å². The summed E-state index contributed by atoms with van der Waals surface area (Å²) in [5, 5.41) is 3.22. The molecule has 0 aromatic carbocycles. The fourth-order valence-electron chi connectivity index (χ4n) is 1.40. The van der Waals surface area contributed by atoms with Gasteiger partial charge in [0, 0.05) is 18.4 Å². The van der Waals surface area contributed by atoms with Crippen molar-refractivity contribution in [2.75, 3.05) is 26.0 Å². The molecule has 0 unspecified atom stereocenters. The molecule has 1 aliphatic heterocycles. The molecule has 1 rings (SSSR count). The van der Waals surface area contributed by atoms with Crippen molar-refractivity contribution in [1.29, 1.82) is 0 Å². The van der Waals surface area contributed by atoms with Crippen LogP contribution in [0.15, 0.2) is 0 Å². The minimum Gasteiger partial charge on any atom is -0.324 e. The zero-order valence-electron chi connectivity index (χ0n) is 6.76. The van der Waals surface area contributed by atoms with E-state index in [0.29, 0.717) is 6.04 Å². The van der Waals surface area contributed by atoms with Crippen molar-refractivity contribution in [3.8, 4) is 0 Å². The van der Waals surface area contributed by atoms with E-state index in [1.807, 2.05) is 13.7 Å². The lowest BCUT2D eigenvalue weighted by Gasteiger charge is -2.25. The predicted octanol–water partition coefficient (Wildman–Crippen LogP) is 1.36. The summed E-state index contributed by atoms with van der Waals surface area (Å²) in [4.78, 5) is 0. The fraction of sp³-hybridized carbons (Fsp3) is 1.00. The van der Waals surface area contributed by atoms with Crippen LogP contribution in [-0.4, -0.2) is 32.1 Å². The summed E-state index contributed by atoms with van der Waals surface area (Å²) in [5.41, 5.74) is 0. The summed E-state index contributed by atoms with van der Waals surface area (Å²) in [6.45, 7) is 1.93. The average Bonchev–Trinajstić information content (AvgIpc) is 1.88. The van der Waals surface area contributed by atoms with Gasteiger partial charge in [-0.15, -0.1) is 0 Å². The first-order valence-electron chi connectivity index (χ1n) is 3.87. The van der Waals surface area contributed by atoms with E-state index in [-0.39, 0.29) is 0 Å². The van der Waals surface area contributed by atoms with Gasteiger partial charge in [-0.05, 0) is 26.6 Å². The highest BCUT2D eigenvalue weighted by Crippen LogP contribution is 2.46. The maximum absolute atomic E-state index is 11.5. The molecule has 0 aromatic rings. The third-order valence-corrected chi connectivity index (χ3v) is 4.72. The Morgan fingerprint density at radius 1 is 1.40 bits per heavy atom. The minimum absolute atomic E-state index is 0.627. The zero-order chi connectivity index (χ0) is 7.61. The minimum atomic E-state index is -1.68. The van der Waals surface area contributed by atoms with Crippen LogP contribution >= 0.6 is 7.14 Å². The second-order valence-electron chi connectivity index (χ2n) is 3.31. The second kappa shape index (κ2) is 3.06. The Kier molecular flexibility index (Phi) is 2.54. The Morgan fingerprint density at radius 3 is 2.30 bits per heavy atom. The first kappa shape index (κ1) is 8.29. The van der Waals surface area contributed by atoms with E-state index in [1.54, 1.807) is 0 Å². The Balaban J connectivity index is 2.38. The van der Waals surface area contributed by atoms with Crippen LogP contribution < -0.4 is 5.32 Å². The van der Waals surface area contributed by atoms with Crippen LogP contribution in [0.5, 0.6) is 0 Å². The van der Waals surface area contributed by atoms with Crippen LogP contribution in [0.1, 0.15) is 12.8 Å². The van der Waals surface area contributed by atoms with E-state index in [4.69, 9.17) is 0 Å². The number of hydrogen-bond donors (Lipinski definition) is 1. The SMILES string of the molecule is CNC1CCP(C)(=O)CC1.